The molecule has 0 saturated carbocycles. The van der Waals surface area contributed by atoms with Crippen LogP contribution in [0.3, 0.4) is 0 Å². The second-order valence-corrected chi connectivity index (χ2v) is 7.22. The Balaban J connectivity index is 1.82. The van der Waals surface area contributed by atoms with Crippen LogP contribution in [0.15, 0.2) is 48.5 Å². The molecular weight excluding hydrogens is 399 g/mol. The van der Waals surface area contributed by atoms with Crippen LogP contribution >= 0.6 is 23.2 Å². The van der Waals surface area contributed by atoms with Crippen LogP contribution in [-0.2, 0) is 9.59 Å². The van der Waals surface area contributed by atoms with Gasteiger partial charge >= 0.3 is 0 Å². The molecule has 5 nitrogen and oxygen atoms in total. The molecule has 28 heavy (non-hydrogen) atoms. The standard InChI is InChI=1S/C21H20Cl2N2O3/c1-2-9-24-21(27)19-13-25(17-5-3-4-6-18(17)28-19)20(26)8-7-14-10-15(22)12-16(23)11-14/h3-8,10-12,19H,2,9,13H2,1H3,(H,24,27)/b8-7+. The fourth-order valence-electron chi connectivity index (χ4n) is 2.87. The number of fused-ring (bicyclic) bond motifs is 1. The molecule has 146 valence electrons. The summed E-state index contributed by atoms with van der Waals surface area (Å²) in [6, 6.07) is 12.2. The second-order valence-electron chi connectivity index (χ2n) is 6.35. The Kier molecular flexibility index (Phi) is 6.60. The number of rotatable bonds is 5. The minimum Gasteiger partial charge on any atom is -0.477 e. The number of hydrogen-bond donors (Lipinski definition) is 1. The number of carbonyl (C=O) groups excluding carboxylic acids is 2. The van der Waals surface area contributed by atoms with Gasteiger partial charge in [0.2, 0.25) is 0 Å². The Hall–Kier alpha value is -2.50. The highest BCUT2D eigenvalue weighted by Gasteiger charge is 2.32. The van der Waals surface area contributed by atoms with Crippen molar-refractivity contribution in [3.63, 3.8) is 0 Å². The molecule has 0 spiro atoms. The van der Waals surface area contributed by atoms with Crippen molar-refractivity contribution >= 4 is 46.8 Å². The number of amides is 2. The van der Waals surface area contributed by atoms with Gasteiger partial charge in [0.15, 0.2) is 6.10 Å². The summed E-state index contributed by atoms with van der Waals surface area (Å²) in [4.78, 5) is 26.8. The third-order valence-electron chi connectivity index (χ3n) is 4.18. The number of hydrogen-bond acceptors (Lipinski definition) is 3. The normalized spacial score (nSPS) is 15.8. The molecule has 0 saturated heterocycles. The van der Waals surface area contributed by atoms with E-state index >= 15 is 0 Å². The summed E-state index contributed by atoms with van der Waals surface area (Å²) < 4.78 is 5.80. The van der Waals surface area contributed by atoms with E-state index in [2.05, 4.69) is 5.32 Å². The van der Waals surface area contributed by atoms with Crippen molar-refractivity contribution in [3.05, 3.63) is 64.1 Å². The first kappa shape index (κ1) is 20.2. The van der Waals surface area contributed by atoms with Crippen molar-refractivity contribution in [2.75, 3.05) is 18.0 Å². The molecule has 2 aromatic carbocycles. The summed E-state index contributed by atoms with van der Waals surface area (Å²) in [5.41, 5.74) is 1.34. The van der Waals surface area contributed by atoms with Crippen molar-refractivity contribution in [1.29, 1.82) is 0 Å². The van der Waals surface area contributed by atoms with Crippen LogP contribution in [-0.4, -0.2) is 31.0 Å². The van der Waals surface area contributed by atoms with Crippen molar-refractivity contribution in [2.45, 2.75) is 19.4 Å². The minimum absolute atomic E-state index is 0.131. The van der Waals surface area contributed by atoms with Crippen molar-refractivity contribution in [2.24, 2.45) is 0 Å². The molecule has 0 fully saturated rings. The number of carbonyl (C=O) groups is 2. The Morgan fingerprint density at radius 2 is 1.93 bits per heavy atom. The first-order valence-electron chi connectivity index (χ1n) is 8.97. The van der Waals surface area contributed by atoms with Crippen LogP contribution < -0.4 is 15.0 Å². The average Bonchev–Trinajstić information content (AvgIpc) is 2.68. The Labute approximate surface area is 173 Å². The van der Waals surface area contributed by atoms with Gasteiger partial charge in [0.25, 0.3) is 11.8 Å². The Bertz CT molecular complexity index is 894. The second kappa shape index (κ2) is 9.13. The molecule has 2 amide bonds. The maximum atomic E-state index is 12.9. The number of benzene rings is 2. The number of ether oxygens (including phenoxy) is 1. The molecule has 0 bridgehead atoms. The van der Waals surface area contributed by atoms with Gasteiger partial charge in [-0.1, -0.05) is 42.3 Å². The van der Waals surface area contributed by atoms with Gasteiger partial charge in [-0.2, -0.15) is 0 Å². The number of nitrogens with one attached hydrogen (secondary N) is 1. The highest BCUT2D eigenvalue weighted by Crippen LogP contribution is 2.33. The van der Waals surface area contributed by atoms with Crippen LogP contribution in [0.2, 0.25) is 10.0 Å². The van der Waals surface area contributed by atoms with Crippen LogP contribution in [0.5, 0.6) is 5.75 Å². The van der Waals surface area contributed by atoms with E-state index in [4.69, 9.17) is 27.9 Å². The van der Waals surface area contributed by atoms with E-state index in [0.29, 0.717) is 33.6 Å². The van der Waals surface area contributed by atoms with Crippen LogP contribution in [0, 0.1) is 0 Å². The smallest absolute Gasteiger partial charge is 0.262 e. The Morgan fingerprint density at radius 3 is 2.64 bits per heavy atom. The van der Waals surface area contributed by atoms with Gasteiger partial charge in [0.1, 0.15) is 5.75 Å². The van der Waals surface area contributed by atoms with Gasteiger partial charge in [-0.15, -0.1) is 0 Å². The zero-order valence-corrected chi connectivity index (χ0v) is 16.8. The van der Waals surface area contributed by atoms with E-state index in [-0.39, 0.29) is 18.4 Å². The van der Waals surface area contributed by atoms with E-state index in [1.165, 1.54) is 11.0 Å². The zero-order valence-electron chi connectivity index (χ0n) is 15.3. The highest BCUT2D eigenvalue weighted by atomic mass is 35.5. The summed E-state index contributed by atoms with van der Waals surface area (Å²) in [6.07, 6.45) is 3.14. The number of halogens is 2. The molecule has 0 radical (unpaired) electrons. The topological polar surface area (TPSA) is 58.6 Å². The van der Waals surface area contributed by atoms with Gasteiger partial charge in [0.05, 0.1) is 12.2 Å². The molecule has 1 aliphatic rings. The van der Waals surface area contributed by atoms with E-state index in [9.17, 15) is 9.59 Å². The van der Waals surface area contributed by atoms with Gasteiger partial charge in [-0.05, 0) is 48.4 Å². The molecule has 1 N–H and O–H groups in total. The molecule has 2 aromatic rings. The van der Waals surface area contributed by atoms with Crippen LogP contribution in [0.4, 0.5) is 5.69 Å². The highest BCUT2D eigenvalue weighted by molar-refractivity contribution is 6.34. The van der Waals surface area contributed by atoms with E-state index in [1.54, 1.807) is 42.5 Å². The lowest BCUT2D eigenvalue weighted by molar-refractivity contribution is -0.128. The lowest BCUT2D eigenvalue weighted by atomic mass is 10.1. The quantitative estimate of drug-likeness (QED) is 0.735. The molecule has 1 atom stereocenters. The zero-order chi connectivity index (χ0) is 20.1. The lowest BCUT2D eigenvalue weighted by Crippen LogP contribution is -2.50. The monoisotopic (exact) mass is 418 g/mol. The Morgan fingerprint density at radius 1 is 1.21 bits per heavy atom. The van der Waals surface area contributed by atoms with E-state index < -0.39 is 6.10 Å². The van der Waals surface area contributed by atoms with Gasteiger partial charge in [0, 0.05) is 22.7 Å². The third kappa shape index (κ3) is 4.86. The molecule has 1 unspecified atom stereocenters. The first-order valence-corrected chi connectivity index (χ1v) is 9.72. The van der Waals surface area contributed by atoms with Crippen molar-refractivity contribution in [3.8, 4) is 5.75 Å². The predicted octanol–water partition coefficient (Wildman–Crippen LogP) is 4.33. The minimum atomic E-state index is -0.764. The summed E-state index contributed by atoms with van der Waals surface area (Å²) in [7, 11) is 0. The molecule has 0 aromatic heterocycles. The van der Waals surface area contributed by atoms with Gasteiger partial charge < -0.3 is 15.0 Å². The van der Waals surface area contributed by atoms with Crippen LogP contribution in [0.1, 0.15) is 18.9 Å². The van der Waals surface area contributed by atoms with Crippen molar-refractivity contribution in [1.82, 2.24) is 5.32 Å². The fraction of sp³-hybridized carbons (Fsp3) is 0.238. The molecule has 1 heterocycles. The first-order chi connectivity index (χ1) is 13.5. The van der Waals surface area contributed by atoms with E-state index in [0.717, 1.165) is 6.42 Å². The van der Waals surface area contributed by atoms with Gasteiger partial charge in [-0.25, -0.2) is 0 Å². The molecule has 3 rings (SSSR count). The number of anilines is 1. The largest absolute Gasteiger partial charge is 0.477 e. The lowest BCUT2D eigenvalue weighted by Gasteiger charge is -2.33. The maximum Gasteiger partial charge on any atom is 0.262 e. The number of nitrogens with zero attached hydrogens (tertiary/aromatic N) is 1. The van der Waals surface area contributed by atoms with E-state index in [1.807, 2.05) is 13.0 Å². The van der Waals surface area contributed by atoms with Gasteiger partial charge in [-0.3, -0.25) is 9.59 Å². The van der Waals surface area contributed by atoms with Crippen LogP contribution in [0.25, 0.3) is 6.08 Å². The number of para-hydroxylation sites is 2. The maximum absolute atomic E-state index is 12.9. The molecular formula is C21H20Cl2N2O3. The average molecular weight is 419 g/mol. The summed E-state index contributed by atoms with van der Waals surface area (Å²) in [5.74, 6) is -0.00200. The summed E-state index contributed by atoms with van der Waals surface area (Å²) >= 11 is 12.0. The molecule has 0 aliphatic carbocycles. The molecule has 7 heteroatoms. The SMILES string of the molecule is CCCNC(=O)C1CN(C(=O)/C=C/c2cc(Cl)cc(Cl)c2)c2ccccc2O1. The predicted molar refractivity (Wildman–Crippen MR) is 112 cm³/mol. The third-order valence-corrected chi connectivity index (χ3v) is 4.62. The fourth-order valence-corrected chi connectivity index (χ4v) is 3.41. The summed E-state index contributed by atoms with van der Waals surface area (Å²) in [6.45, 7) is 2.66. The molecule has 1 aliphatic heterocycles. The summed E-state index contributed by atoms with van der Waals surface area (Å²) in [5, 5.41) is 3.79. The van der Waals surface area contributed by atoms with Crippen molar-refractivity contribution < 1.29 is 14.3 Å².